The summed E-state index contributed by atoms with van der Waals surface area (Å²) in [6.45, 7) is 0.752. The fourth-order valence-corrected chi connectivity index (χ4v) is 2.09. The number of aryl methyl sites for hydroxylation is 1. The molecule has 0 saturated carbocycles. The molecule has 102 valence electrons. The van der Waals surface area contributed by atoms with Gasteiger partial charge in [-0.05, 0) is 30.5 Å². The first-order valence-corrected chi connectivity index (χ1v) is 6.45. The Bertz CT molecular complexity index is 709. The number of fused-ring (bicyclic) bond motifs is 1. The number of nitrogens with one attached hydrogen (secondary N) is 2. The molecule has 0 radical (unpaired) electrons. The second kappa shape index (κ2) is 5.64. The Morgan fingerprint density at radius 1 is 1.20 bits per heavy atom. The van der Waals surface area contributed by atoms with Crippen LogP contribution in [0.25, 0.3) is 11.2 Å². The number of hydrogen-bond acceptors (Lipinski definition) is 4. The quantitative estimate of drug-likeness (QED) is 0.700. The highest BCUT2D eigenvalue weighted by Crippen LogP contribution is 2.14. The first kappa shape index (κ1) is 12.5. The number of nitrogens with zero attached hydrogens (tertiary/aromatic N) is 3. The molecule has 3 rings (SSSR count). The van der Waals surface area contributed by atoms with Crippen molar-refractivity contribution in [3.05, 3.63) is 48.3 Å². The molecule has 2 aromatic heterocycles. The van der Waals surface area contributed by atoms with Crippen LogP contribution < -0.4 is 5.32 Å². The molecule has 0 aliphatic rings. The van der Waals surface area contributed by atoms with Gasteiger partial charge in [-0.15, -0.1) is 0 Å². The minimum atomic E-state index is -0.189. The van der Waals surface area contributed by atoms with E-state index in [1.54, 1.807) is 18.5 Å². The van der Waals surface area contributed by atoms with Gasteiger partial charge in [0.1, 0.15) is 17.7 Å². The van der Waals surface area contributed by atoms with Gasteiger partial charge < -0.3 is 10.3 Å². The number of rotatable bonds is 5. The van der Waals surface area contributed by atoms with Gasteiger partial charge in [-0.25, -0.2) is 19.3 Å². The van der Waals surface area contributed by atoms with Crippen molar-refractivity contribution in [3.63, 3.8) is 0 Å². The predicted molar refractivity (Wildman–Crippen MR) is 74.9 cm³/mol. The van der Waals surface area contributed by atoms with Crippen molar-refractivity contribution in [1.82, 2.24) is 19.9 Å². The Kier molecular flexibility index (Phi) is 3.54. The molecule has 0 bridgehead atoms. The lowest BCUT2D eigenvalue weighted by atomic mass is 10.1. The van der Waals surface area contributed by atoms with Crippen LogP contribution >= 0.6 is 0 Å². The van der Waals surface area contributed by atoms with Gasteiger partial charge in [0, 0.05) is 6.54 Å². The first-order valence-electron chi connectivity index (χ1n) is 6.45. The fourth-order valence-electron chi connectivity index (χ4n) is 2.09. The third-order valence-corrected chi connectivity index (χ3v) is 3.05. The van der Waals surface area contributed by atoms with Gasteiger partial charge in [0.2, 0.25) is 0 Å². The molecular formula is C14H14FN5. The summed E-state index contributed by atoms with van der Waals surface area (Å²) in [6, 6.07) is 6.69. The molecule has 0 saturated heterocycles. The van der Waals surface area contributed by atoms with E-state index in [4.69, 9.17) is 0 Å². The second-order valence-electron chi connectivity index (χ2n) is 4.48. The lowest BCUT2D eigenvalue weighted by molar-refractivity contribution is 0.624. The van der Waals surface area contributed by atoms with E-state index >= 15 is 0 Å². The average Bonchev–Trinajstić information content (AvgIpc) is 2.93. The number of aromatic nitrogens is 4. The van der Waals surface area contributed by atoms with Gasteiger partial charge in [0.25, 0.3) is 0 Å². The molecule has 0 aliphatic heterocycles. The molecule has 6 heteroatoms. The van der Waals surface area contributed by atoms with Crippen LogP contribution in [0.15, 0.2) is 36.9 Å². The molecule has 1 aromatic carbocycles. The number of aromatic amines is 1. The zero-order valence-corrected chi connectivity index (χ0v) is 10.8. The molecule has 0 spiro atoms. The maximum absolute atomic E-state index is 13.0. The molecule has 5 nitrogen and oxygen atoms in total. The van der Waals surface area contributed by atoms with Crippen LogP contribution in [0, 0.1) is 5.82 Å². The van der Waals surface area contributed by atoms with E-state index in [1.165, 1.54) is 12.4 Å². The number of hydrogen-bond donors (Lipinski definition) is 2. The summed E-state index contributed by atoms with van der Waals surface area (Å²) in [6.07, 6.45) is 4.79. The predicted octanol–water partition coefficient (Wildman–Crippen LogP) is 2.54. The summed E-state index contributed by atoms with van der Waals surface area (Å²) >= 11 is 0. The van der Waals surface area contributed by atoms with E-state index in [0.29, 0.717) is 5.65 Å². The Labute approximate surface area is 115 Å². The fraction of sp³-hybridized carbons (Fsp3) is 0.214. The molecule has 2 heterocycles. The van der Waals surface area contributed by atoms with Gasteiger partial charge in [0.05, 0.1) is 6.33 Å². The van der Waals surface area contributed by atoms with Crippen LogP contribution in [-0.2, 0) is 6.42 Å². The van der Waals surface area contributed by atoms with Gasteiger partial charge in [-0.1, -0.05) is 12.1 Å². The molecule has 0 aliphatic carbocycles. The maximum Gasteiger partial charge on any atom is 0.182 e. The van der Waals surface area contributed by atoms with Crippen LogP contribution in [0.4, 0.5) is 10.2 Å². The Morgan fingerprint density at radius 2 is 2.15 bits per heavy atom. The van der Waals surface area contributed by atoms with E-state index in [1.807, 2.05) is 6.07 Å². The van der Waals surface area contributed by atoms with E-state index in [-0.39, 0.29) is 5.82 Å². The van der Waals surface area contributed by atoms with Crippen molar-refractivity contribution >= 4 is 17.0 Å². The summed E-state index contributed by atoms with van der Waals surface area (Å²) < 4.78 is 13.0. The van der Waals surface area contributed by atoms with Crippen molar-refractivity contribution in [1.29, 1.82) is 0 Å². The highest BCUT2D eigenvalue weighted by Gasteiger charge is 2.04. The average molecular weight is 271 g/mol. The van der Waals surface area contributed by atoms with Crippen molar-refractivity contribution in [2.45, 2.75) is 12.8 Å². The summed E-state index contributed by atoms with van der Waals surface area (Å²) in [7, 11) is 0. The van der Waals surface area contributed by atoms with Crippen LogP contribution in [0.5, 0.6) is 0 Å². The molecule has 3 aromatic rings. The smallest absolute Gasteiger partial charge is 0.182 e. The summed E-state index contributed by atoms with van der Waals surface area (Å²) in [5.74, 6) is 0.553. The van der Waals surface area contributed by atoms with Crippen molar-refractivity contribution < 1.29 is 4.39 Å². The highest BCUT2D eigenvalue weighted by molar-refractivity contribution is 5.81. The van der Waals surface area contributed by atoms with Crippen molar-refractivity contribution in [2.24, 2.45) is 0 Å². The third kappa shape index (κ3) is 2.74. The first-order chi connectivity index (χ1) is 9.83. The van der Waals surface area contributed by atoms with Crippen molar-refractivity contribution in [2.75, 3.05) is 11.9 Å². The number of H-pyrrole nitrogens is 1. The van der Waals surface area contributed by atoms with Gasteiger partial charge in [-0.3, -0.25) is 0 Å². The lowest BCUT2D eigenvalue weighted by Crippen LogP contribution is -2.05. The largest absolute Gasteiger partial charge is 0.368 e. The zero-order valence-electron chi connectivity index (χ0n) is 10.8. The molecule has 2 N–H and O–H groups in total. The van der Waals surface area contributed by atoms with Crippen LogP contribution in [0.2, 0.25) is 0 Å². The number of halogens is 1. The standard InChI is InChI=1S/C14H14FN5/c15-11-5-1-3-10(7-11)4-2-6-16-13-12-14(18-8-17-12)20-9-19-13/h1,3,5,7-9H,2,4,6H2,(H2,16,17,18,19,20). The summed E-state index contributed by atoms with van der Waals surface area (Å²) in [5, 5.41) is 3.24. The second-order valence-corrected chi connectivity index (χ2v) is 4.48. The zero-order chi connectivity index (χ0) is 13.8. The normalized spacial score (nSPS) is 10.8. The monoisotopic (exact) mass is 271 g/mol. The molecule has 0 unspecified atom stereocenters. The van der Waals surface area contributed by atoms with Crippen LogP contribution in [0.3, 0.4) is 0 Å². The van der Waals surface area contributed by atoms with E-state index < -0.39 is 0 Å². The third-order valence-electron chi connectivity index (χ3n) is 3.05. The van der Waals surface area contributed by atoms with Crippen LogP contribution in [0.1, 0.15) is 12.0 Å². The number of imidazole rings is 1. The maximum atomic E-state index is 13.0. The minimum Gasteiger partial charge on any atom is -0.368 e. The number of benzene rings is 1. The van der Waals surface area contributed by atoms with Crippen LogP contribution in [-0.4, -0.2) is 26.5 Å². The minimum absolute atomic E-state index is 0.189. The van der Waals surface area contributed by atoms with Gasteiger partial charge >= 0.3 is 0 Å². The SMILES string of the molecule is Fc1cccc(CCCNc2ncnc3nc[nH]c23)c1. The molecule has 0 atom stereocenters. The summed E-state index contributed by atoms with van der Waals surface area (Å²) in [5.41, 5.74) is 2.45. The van der Waals surface area contributed by atoms with E-state index in [2.05, 4.69) is 25.3 Å². The van der Waals surface area contributed by atoms with Gasteiger partial charge in [0.15, 0.2) is 11.5 Å². The van der Waals surface area contributed by atoms with Crippen molar-refractivity contribution in [3.8, 4) is 0 Å². The lowest BCUT2D eigenvalue weighted by Gasteiger charge is -2.06. The summed E-state index contributed by atoms with van der Waals surface area (Å²) in [4.78, 5) is 15.3. The number of anilines is 1. The highest BCUT2D eigenvalue weighted by atomic mass is 19.1. The molecule has 0 fully saturated rings. The Hall–Kier alpha value is -2.50. The molecule has 20 heavy (non-hydrogen) atoms. The molecule has 0 amide bonds. The topological polar surface area (TPSA) is 66.5 Å². The Morgan fingerprint density at radius 3 is 3.05 bits per heavy atom. The van der Waals surface area contributed by atoms with E-state index in [9.17, 15) is 4.39 Å². The molecular weight excluding hydrogens is 257 g/mol. The van der Waals surface area contributed by atoms with E-state index in [0.717, 1.165) is 36.3 Å². The Balaban J connectivity index is 1.56. The van der Waals surface area contributed by atoms with Gasteiger partial charge in [-0.2, -0.15) is 0 Å².